The first-order chi connectivity index (χ1) is 9.99. The SMILES string of the molecule is Cc1ccc(C(N)C(=O)NCCc2c(C)noc2C)cc1.Cl. The number of benzene rings is 1. The van der Waals surface area contributed by atoms with E-state index < -0.39 is 6.04 Å². The molecule has 0 fully saturated rings. The number of nitrogens with two attached hydrogens (primary N) is 1. The molecule has 0 aliphatic heterocycles. The van der Waals surface area contributed by atoms with Crippen LogP contribution in [0.2, 0.25) is 0 Å². The van der Waals surface area contributed by atoms with Gasteiger partial charge in [-0.15, -0.1) is 12.4 Å². The monoisotopic (exact) mass is 323 g/mol. The fraction of sp³-hybridized carbons (Fsp3) is 0.375. The van der Waals surface area contributed by atoms with Crippen LogP contribution in [0.25, 0.3) is 0 Å². The van der Waals surface area contributed by atoms with Gasteiger partial charge in [-0.2, -0.15) is 0 Å². The van der Waals surface area contributed by atoms with Crippen LogP contribution in [0.3, 0.4) is 0 Å². The number of halogens is 1. The summed E-state index contributed by atoms with van der Waals surface area (Å²) in [7, 11) is 0. The van der Waals surface area contributed by atoms with Gasteiger partial charge in [-0.05, 0) is 32.8 Å². The second-order valence-corrected chi connectivity index (χ2v) is 5.23. The lowest BCUT2D eigenvalue weighted by atomic mass is 10.1. The lowest BCUT2D eigenvalue weighted by Crippen LogP contribution is -2.35. The number of carbonyl (C=O) groups excluding carboxylic acids is 1. The minimum absolute atomic E-state index is 0. The first-order valence-corrected chi connectivity index (χ1v) is 7.00. The van der Waals surface area contributed by atoms with E-state index in [-0.39, 0.29) is 18.3 Å². The van der Waals surface area contributed by atoms with Crippen molar-refractivity contribution in [2.24, 2.45) is 5.73 Å². The molecule has 1 aromatic heterocycles. The first kappa shape index (κ1) is 18.2. The molecule has 2 rings (SSSR count). The minimum Gasteiger partial charge on any atom is -0.361 e. The van der Waals surface area contributed by atoms with Gasteiger partial charge in [0.1, 0.15) is 11.8 Å². The number of amides is 1. The molecule has 120 valence electrons. The van der Waals surface area contributed by atoms with Crippen LogP contribution in [0.5, 0.6) is 0 Å². The Hall–Kier alpha value is -1.85. The molecular weight excluding hydrogens is 302 g/mol. The third-order valence-electron chi connectivity index (χ3n) is 3.57. The topological polar surface area (TPSA) is 81.2 Å². The van der Waals surface area contributed by atoms with E-state index in [0.717, 1.165) is 28.1 Å². The number of aromatic nitrogens is 1. The standard InChI is InChI=1S/C16H21N3O2.ClH/c1-10-4-6-13(7-5-10)15(17)16(20)18-9-8-14-11(2)19-21-12(14)3;/h4-7,15H,8-9,17H2,1-3H3,(H,18,20);1H. The van der Waals surface area contributed by atoms with Gasteiger partial charge in [0.05, 0.1) is 5.69 Å². The number of nitrogens with zero attached hydrogens (tertiary/aromatic N) is 1. The number of carbonyl (C=O) groups is 1. The Morgan fingerprint density at radius 3 is 2.45 bits per heavy atom. The number of nitrogens with one attached hydrogen (secondary N) is 1. The van der Waals surface area contributed by atoms with Gasteiger partial charge < -0.3 is 15.6 Å². The van der Waals surface area contributed by atoms with Gasteiger partial charge in [-0.1, -0.05) is 35.0 Å². The highest BCUT2D eigenvalue weighted by Crippen LogP contribution is 2.13. The second kappa shape index (κ2) is 7.96. The van der Waals surface area contributed by atoms with E-state index >= 15 is 0 Å². The molecule has 1 aromatic carbocycles. The Morgan fingerprint density at radius 2 is 1.91 bits per heavy atom. The summed E-state index contributed by atoms with van der Waals surface area (Å²) in [6, 6.07) is 7.02. The quantitative estimate of drug-likeness (QED) is 0.885. The zero-order valence-corrected chi connectivity index (χ0v) is 13.9. The van der Waals surface area contributed by atoms with Crippen LogP contribution in [0.4, 0.5) is 0 Å². The van der Waals surface area contributed by atoms with Crippen molar-refractivity contribution in [2.75, 3.05) is 6.54 Å². The molecular formula is C16H22ClN3O2. The summed E-state index contributed by atoms with van der Waals surface area (Å²) >= 11 is 0. The van der Waals surface area contributed by atoms with Gasteiger partial charge in [0.2, 0.25) is 5.91 Å². The zero-order valence-electron chi connectivity index (χ0n) is 13.1. The maximum atomic E-state index is 12.1. The Balaban J connectivity index is 0.00000242. The van der Waals surface area contributed by atoms with Crippen LogP contribution in [-0.2, 0) is 11.2 Å². The third kappa shape index (κ3) is 4.32. The average molecular weight is 324 g/mol. The maximum absolute atomic E-state index is 12.1. The molecule has 6 heteroatoms. The molecule has 0 radical (unpaired) electrons. The normalized spacial score (nSPS) is 11.6. The van der Waals surface area contributed by atoms with E-state index in [4.69, 9.17) is 10.3 Å². The van der Waals surface area contributed by atoms with Crippen molar-refractivity contribution in [3.05, 3.63) is 52.4 Å². The summed E-state index contributed by atoms with van der Waals surface area (Å²) in [6.07, 6.45) is 0.688. The summed E-state index contributed by atoms with van der Waals surface area (Å²) in [6.45, 7) is 6.28. The molecule has 0 aliphatic rings. The summed E-state index contributed by atoms with van der Waals surface area (Å²) in [5.41, 5.74) is 9.83. The zero-order chi connectivity index (χ0) is 15.4. The molecule has 1 heterocycles. The van der Waals surface area contributed by atoms with Crippen molar-refractivity contribution in [1.29, 1.82) is 0 Å². The lowest BCUT2D eigenvalue weighted by molar-refractivity contribution is -0.122. The van der Waals surface area contributed by atoms with Crippen molar-refractivity contribution in [3.63, 3.8) is 0 Å². The van der Waals surface area contributed by atoms with Crippen LogP contribution < -0.4 is 11.1 Å². The van der Waals surface area contributed by atoms with Gasteiger partial charge in [0, 0.05) is 12.1 Å². The van der Waals surface area contributed by atoms with Crippen LogP contribution in [0, 0.1) is 20.8 Å². The Kier molecular flexibility index (Phi) is 6.59. The molecule has 1 unspecified atom stereocenters. The molecule has 1 amide bonds. The van der Waals surface area contributed by atoms with Crippen LogP contribution in [0.15, 0.2) is 28.8 Å². The lowest BCUT2D eigenvalue weighted by Gasteiger charge is -2.12. The summed E-state index contributed by atoms with van der Waals surface area (Å²) in [5.74, 6) is 0.621. The molecule has 0 saturated carbocycles. The number of hydrogen-bond acceptors (Lipinski definition) is 4. The number of aryl methyl sites for hydroxylation is 3. The molecule has 5 nitrogen and oxygen atoms in total. The van der Waals surface area contributed by atoms with E-state index in [1.165, 1.54) is 0 Å². The van der Waals surface area contributed by atoms with Gasteiger partial charge in [0.25, 0.3) is 0 Å². The van der Waals surface area contributed by atoms with Gasteiger partial charge in [-0.3, -0.25) is 4.79 Å². The summed E-state index contributed by atoms with van der Waals surface area (Å²) < 4.78 is 5.09. The van der Waals surface area contributed by atoms with E-state index in [1.807, 2.05) is 45.0 Å². The smallest absolute Gasteiger partial charge is 0.241 e. The van der Waals surface area contributed by atoms with Crippen molar-refractivity contribution >= 4 is 18.3 Å². The first-order valence-electron chi connectivity index (χ1n) is 7.00. The third-order valence-corrected chi connectivity index (χ3v) is 3.57. The van der Waals surface area contributed by atoms with E-state index in [2.05, 4.69) is 10.5 Å². The molecule has 2 aromatic rings. The highest BCUT2D eigenvalue weighted by Gasteiger charge is 2.16. The fourth-order valence-corrected chi connectivity index (χ4v) is 2.20. The highest BCUT2D eigenvalue weighted by molar-refractivity contribution is 5.85. The van der Waals surface area contributed by atoms with Crippen LogP contribution in [-0.4, -0.2) is 17.6 Å². The molecule has 22 heavy (non-hydrogen) atoms. The van der Waals surface area contributed by atoms with Crippen molar-refractivity contribution in [2.45, 2.75) is 33.2 Å². The van der Waals surface area contributed by atoms with E-state index in [1.54, 1.807) is 0 Å². The molecule has 0 saturated heterocycles. The molecule has 0 bridgehead atoms. The number of rotatable bonds is 5. The highest BCUT2D eigenvalue weighted by atomic mass is 35.5. The van der Waals surface area contributed by atoms with Gasteiger partial charge >= 0.3 is 0 Å². The summed E-state index contributed by atoms with van der Waals surface area (Å²) in [5, 5.41) is 6.75. The molecule has 1 atom stereocenters. The molecule has 0 aliphatic carbocycles. The van der Waals surface area contributed by atoms with Crippen LogP contribution >= 0.6 is 12.4 Å². The minimum atomic E-state index is -0.643. The number of hydrogen-bond donors (Lipinski definition) is 2. The average Bonchev–Trinajstić information content (AvgIpc) is 2.79. The molecule has 0 spiro atoms. The van der Waals surface area contributed by atoms with E-state index in [0.29, 0.717) is 13.0 Å². The van der Waals surface area contributed by atoms with Gasteiger partial charge in [0.15, 0.2) is 0 Å². The second-order valence-electron chi connectivity index (χ2n) is 5.23. The predicted molar refractivity (Wildman–Crippen MR) is 88.0 cm³/mol. The van der Waals surface area contributed by atoms with Crippen molar-refractivity contribution in [1.82, 2.24) is 10.5 Å². The summed E-state index contributed by atoms with van der Waals surface area (Å²) in [4.78, 5) is 12.1. The maximum Gasteiger partial charge on any atom is 0.241 e. The van der Waals surface area contributed by atoms with E-state index in [9.17, 15) is 4.79 Å². The fourth-order valence-electron chi connectivity index (χ4n) is 2.20. The van der Waals surface area contributed by atoms with Gasteiger partial charge in [-0.25, -0.2) is 0 Å². The predicted octanol–water partition coefficient (Wildman–Crippen LogP) is 2.38. The molecule has 3 N–H and O–H groups in total. The Labute approximate surface area is 136 Å². The largest absolute Gasteiger partial charge is 0.361 e. The van der Waals surface area contributed by atoms with Crippen molar-refractivity contribution < 1.29 is 9.32 Å². The Bertz CT molecular complexity index is 603. The van der Waals surface area contributed by atoms with Crippen molar-refractivity contribution in [3.8, 4) is 0 Å². The van der Waals surface area contributed by atoms with Crippen LogP contribution in [0.1, 0.15) is 34.2 Å². The Morgan fingerprint density at radius 1 is 1.27 bits per heavy atom.